The van der Waals surface area contributed by atoms with Crippen LogP contribution >= 0.6 is 15.9 Å². The fourth-order valence-corrected chi connectivity index (χ4v) is 3.21. The molecule has 118 valence electrons. The molecule has 0 unspecified atom stereocenters. The average molecular weight is 395 g/mol. The molecule has 0 bridgehead atoms. The summed E-state index contributed by atoms with van der Waals surface area (Å²) in [6.45, 7) is 1.65. The molecule has 0 radical (unpaired) electrons. The molecule has 0 saturated heterocycles. The number of fused-ring (bicyclic) bond motifs is 1. The largest absolute Gasteiger partial charge is 0.422 e. The number of hydrogen-bond acceptors (Lipinski definition) is 5. The zero-order valence-corrected chi connectivity index (χ0v) is 14.3. The van der Waals surface area contributed by atoms with Crippen molar-refractivity contribution in [1.29, 1.82) is 0 Å². The fraction of sp³-hybridized carbons (Fsp3) is 0.0625. The number of halogens is 1. The van der Waals surface area contributed by atoms with Crippen LogP contribution < -0.4 is 9.81 Å². The summed E-state index contributed by atoms with van der Waals surface area (Å²) in [5.41, 5.74) is 0.281. The molecule has 1 aromatic heterocycles. The molecule has 5 nitrogen and oxygen atoms in total. The summed E-state index contributed by atoms with van der Waals surface area (Å²) < 4.78 is 35.5. The maximum absolute atomic E-state index is 12.2. The second kappa shape index (κ2) is 5.82. The number of hydrogen-bond donors (Lipinski definition) is 0. The standard InChI is InChI=1S/C16H11BrO5S/c1-10-8-11-2-5-13(9-15(11)21-16(10)18)22-23(19,20)14-6-3-12(17)4-7-14/h2-9H,1H3. The van der Waals surface area contributed by atoms with Gasteiger partial charge in [0.25, 0.3) is 0 Å². The molecule has 0 spiro atoms. The highest BCUT2D eigenvalue weighted by molar-refractivity contribution is 9.10. The van der Waals surface area contributed by atoms with Crippen LogP contribution in [0.4, 0.5) is 0 Å². The predicted octanol–water partition coefficient (Wildman–Crippen LogP) is 3.63. The minimum absolute atomic E-state index is 0.0335. The summed E-state index contributed by atoms with van der Waals surface area (Å²) in [5.74, 6) is 0.0763. The van der Waals surface area contributed by atoms with Gasteiger partial charge in [0.2, 0.25) is 0 Å². The molecule has 2 aromatic carbocycles. The topological polar surface area (TPSA) is 73.6 Å². The maximum Gasteiger partial charge on any atom is 0.339 e. The molecule has 1 heterocycles. The summed E-state index contributed by atoms with van der Waals surface area (Å²) >= 11 is 3.24. The quantitative estimate of drug-likeness (QED) is 0.500. The van der Waals surface area contributed by atoms with Gasteiger partial charge in [-0.05, 0) is 49.4 Å². The van der Waals surface area contributed by atoms with Gasteiger partial charge in [-0.2, -0.15) is 8.42 Å². The highest BCUT2D eigenvalue weighted by atomic mass is 79.9. The third-order valence-corrected chi connectivity index (χ3v) is 4.98. The van der Waals surface area contributed by atoms with Crippen molar-refractivity contribution in [3.63, 3.8) is 0 Å². The molecular formula is C16H11BrO5S. The Balaban J connectivity index is 1.99. The van der Waals surface area contributed by atoms with Crippen LogP contribution in [0.2, 0.25) is 0 Å². The molecular weight excluding hydrogens is 384 g/mol. The van der Waals surface area contributed by atoms with Gasteiger partial charge in [0.15, 0.2) is 0 Å². The molecule has 0 aliphatic carbocycles. The van der Waals surface area contributed by atoms with Crippen LogP contribution in [0, 0.1) is 6.92 Å². The Morgan fingerprint density at radius 1 is 1.04 bits per heavy atom. The van der Waals surface area contributed by atoms with Crippen LogP contribution in [-0.4, -0.2) is 8.42 Å². The van der Waals surface area contributed by atoms with Crippen molar-refractivity contribution >= 4 is 37.0 Å². The second-order valence-electron chi connectivity index (χ2n) is 4.91. The third-order valence-electron chi connectivity index (χ3n) is 3.19. The molecule has 3 rings (SSSR count). The maximum atomic E-state index is 12.2. The van der Waals surface area contributed by atoms with Gasteiger partial charge in [0, 0.05) is 21.5 Å². The minimum atomic E-state index is -3.96. The van der Waals surface area contributed by atoms with Crippen LogP contribution in [0.25, 0.3) is 11.0 Å². The monoisotopic (exact) mass is 394 g/mol. The molecule has 3 aromatic rings. The SMILES string of the molecule is Cc1cc2ccc(OS(=O)(=O)c3ccc(Br)cc3)cc2oc1=O. The molecule has 0 fully saturated rings. The fourth-order valence-electron chi connectivity index (χ4n) is 2.02. The summed E-state index contributed by atoms with van der Waals surface area (Å²) in [4.78, 5) is 11.6. The van der Waals surface area contributed by atoms with E-state index in [4.69, 9.17) is 8.60 Å². The molecule has 0 atom stereocenters. The van der Waals surface area contributed by atoms with E-state index in [0.29, 0.717) is 10.9 Å². The Labute approximate surface area is 140 Å². The Morgan fingerprint density at radius 2 is 1.74 bits per heavy atom. The van der Waals surface area contributed by atoms with E-state index >= 15 is 0 Å². The van der Waals surface area contributed by atoms with E-state index in [-0.39, 0.29) is 16.2 Å². The van der Waals surface area contributed by atoms with E-state index in [0.717, 1.165) is 4.47 Å². The van der Waals surface area contributed by atoms with Crippen molar-refractivity contribution in [3.8, 4) is 5.75 Å². The summed E-state index contributed by atoms with van der Waals surface area (Å²) in [6, 6.07) is 12.3. The average Bonchev–Trinajstić information content (AvgIpc) is 2.49. The summed E-state index contributed by atoms with van der Waals surface area (Å²) in [7, 11) is -3.96. The highest BCUT2D eigenvalue weighted by Crippen LogP contribution is 2.24. The van der Waals surface area contributed by atoms with Gasteiger partial charge < -0.3 is 8.60 Å². The van der Waals surface area contributed by atoms with Crippen LogP contribution in [0.1, 0.15) is 5.56 Å². The lowest BCUT2D eigenvalue weighted by atomic mass is 10.2. The lowest BCUT2D eigenvalue weighted by molar-refractivity contribution is 0.485. The zero-order chi connectivity index (χ0) is 16.6. The van der Waals surface area contributed by atoms with Gasteiger partial charge in [-0.15, -0.1) is 0 Å². The predicted molar refractivity (Wildman–Crippen MR) is 89.2 cm³/mol. The Kier molecular flexibility index (Phi) is 3.99. The normalized spacial score (nSPS) is 11.6. The second-order valence-corrected chi connectivity index (χ2v) is 7.37. The lowest BCUT2D eigenvalue weighted by Crippen LogP contribution is -2.09. The van der Waals surface area contributed by atoms with E-state index < -0.39 is 15.7 Å². The molecule has 0 aliphatic rings. The number of benzene rings is 2. The Bertz CT molecular complexity index is 1040. The van der Waals surface area contributed by atoms with Crippen LogP contribution in [0.15, 0.2) is 67.1 Å². The van der Waals surface area contributed by atoms with E-state index in [1.54, 1.807) is 31.2 Å². The van der Waals surface area contributed by atoms with Crippen LogP contribution in [0.3, 0.4) is 0 Å². The summed E-state index contributed by atoms with van der Waals surface area (Å²) in [6.07, 6.45) is 0. The van der Waals surface area contributed by atoms with E-state index in [9.17, 15) is 13.2 Å². The van der Waals surface area contributed by atoms with Gasteiger partial charge >= 0.3 is 15.7 Å². The Morgan fingerprint density at radius 3 is 2.43 bits per heavy atom. The van der Waals surface area contributed by atoms with E-state index in [1.165, 1.54) is 24.3 Å². The van der Waals surface area contributed by atoms with Crippen molar-refractivity contribution in [3.05, 3.63) is 69.0 Å². The van der Waals surface area contributed by atoms with Gasteiger partial charge in [-0.3, -0.25) is 0 Å². The first-order valence-corrected chi connectivity index (χ1v) is 8.80. The molecule has 23 heavy (non-hydrogen) atoms. The molecule has 0 saturated carbocycles. The van der Waals surface area contributed by atoms with E-state index in [2.05, 4.69) is 15.9 Å². The molecule has 0 N–H and O–H groups in total. The van der Waals surface area contributed by atoms with Crippen molar-refractivity contribution in [2.75, 3.05) is 0 Å². The lowest BCUT2D eigenvalue weighted by Gasteiger charge is -2.08. The van der Waals surface area contributed by atoms with Gasteiger partial charge in [0.1, 0.15) is 16.2 Å². The van der Waals surface area contributed by atoms with Gasteiger partial charge in [-0.25, -0.2) is 4.79 Å². The molecule has 0 aliphatic heterocycles. The highest BCUT2D eigenvalue weighted by Gasteiger charge is 2.17. The van der Waals surface area contributed by atoms with Crippen molar-refractivity contribution in [2.24, 2.45) is 0 Å². The first-order valence-electron chi connectivity index (χ1n) is 6.60. The van der Waals surface area contributed by atoms with E-state index in [1.807, 2.05) is 0 Å². The summed E-state index contributed by atoms with van der Waals surface area (Å²) in [5, 5.41) is 0.690. The Hall–Kier alpha value is -2.12. The van der Waals surface area contributed by atoms with Crippen molar-refractivity contribution in [2.45, 2.75) is 11.8 Å². The van der Waals surface area contributed by atoms with Crippen LogP contribution in [-0.2, 0) is 10.1 Å². The number of aryl methyl sites for hydroxylation is 1. The molecule has 7 heteroatoms. The minimum Gasteiger partial charge on any atom is -0.422 e. The van der Waals surface area contributed by atoms with Crippen LogP contribution in [0.5, 0.6) is 5.75 Å². The van der Waals surface area contributed by atoms with Crippen molar-refractivity contribution in [1.82, 2.24) is 0 Å². The first-order chi connectivity index (χ1) is 10.8. The third kappa shape index (κ3) is 3.30. The van der Waals surface area contributed by atoms with Gasteiger partial charge in [-0.1, -0.05) is 15.9 Å². The smallest absolute Gasteiger partial charge is 0.339 e. The van der Waals surface area contributed by atoms with Crippen molar-refractivity contribution < 1.29 is 17.0 Å². The first kappa shape index (κ1) is 15.8. The molecule has 0 amide bonds. The number of rotatable bonds is 3. The zero-order valence-electron chi connectivity index (χ0n) is 11.9. The van der Waals surface area contributed by atoms with Gasteiger partial charge in [0.05, 0.1) is 0 Å².